The molecule has 1 aliphatic heterocycles. The molecular formula is C23H29ClF3N3O3S. The number of carbonyl (C=O) groups is 2. The molecule has 3 rings (SSSR count). The molecule has 3 atom stereocenters. The highest BCUT2D eigenvalue weighted by molar-refractivity contribution is 7.13. The number of hydrogen-bond donors (Lipinski definition) is 2. The number of ether oxygens (including phenoxy) is 1. The van der Waals surface area contributed by atoms with Crippen LogP contribution < -0.4 is 15.4 Å². The first-order chi connectivity index (χ1) is 15.6. The van der Waals surface area contributed by atoms with Gasteiger partial charge in [-0.2, -0.15) is 13.2 Å². The van der Waals surface area contributed by atoms with Gasteiger partial charge in [-0.1, -0.05) is 18.2 Å². The smallest absolute Gasteiger partial charge is 0.422 e. The molecule has 1 aliphatic rings. The summed E-state index contributed by atoms with van der Waals surface area (Å²) in [6.45, 7) is 3.76. The van der Waals surface area contributed by atoms with Gasteiger partial charge >= 0.3 is 6.18 Å². The lowest BCUT2D eigenvalue weighted by atomic mass is 10.1. The van der Waals surface area contributed by atoms with Crippen LogP contribution in [0.15, 0.2) is 42.5 Å². The maximum atomic E-state index is 12.8. The quantitative estimate of drug-likeness (QED) is 0.477. The molecule has 0 radical (unpaired) electrons. The maximum Gasteiger partial charge on any atom is 0.422 e. The molecule has 6 nitrogen and oxygen atoms in total. The molecule has 1 aromatic carbocycles. The molecule has 0 spiro atoms. The first-order valence-electron chi connectivity index (χ1n) is 10.7. The van der Waals surface area contributed by atoms with Crippen molar-refractivity contribution in [1.29, 1.82) is 0 Å². The molecule has 1 saturated heterocycles. The van der Waals surface area contributed by atoms with Crippen LogP contribution in [-0.2, 0) is 9.59 Å². The number of anilines is 1. The second-order valence-electron chi connectivity index (χ2n) is 8.21. The highest BCUT2D eigenvalue weighted by Crippen LogP contribution is 2.31. The van der Waals surface area contributed by atoms with Crippen molar-refractivity contribution in [3.8, 4) is 5.06 Å². The summed E-state index contributed by atoms with van der Waals surface area (Å²) >= 11 is 1.09. The molecule has 1 unspecified atom stereocenters. The number of rotatable bonds is 10. The number of thiophene rings is 1. The molecule has 0 saturated carbocycles. The number of nitrogens with zero attached hydrogens (tertiary/aromatic N) is 1. The molecule has 0 aliphatic carbocycles. The van der Waals surface area contributed by atoms with Crippen LogP contribution in [0.25, 0.3) is 0 Å². The predicted molar refractivity (Wildman–Crippen MR) is 129 cm³/mol. The zero-order chi connectivity index (χ0) is 24.0. The van der Waals surface area contributed by atoms with Gasteiger partial charge in [0.15, 0.2) is 17.5 Å². The molecule has 1 fully saturated rings. The first kappa shape index (κ1) is 27.9. The highest BCUT2D eigenvalue weighted by Gasteiger charge is 2.32. The standard InChI is InChI=1S/C23H28F3N3O3S.ClH/c1-15(20-8-9-21(33-20)32-14-23(24,25)26)27-22(31)17-10-11-29(12-17)13-19(16(2)30)28-18-6-4-3-5-7-18;/h3-9,15,17,19,28H,10-14H2,1-2H3,(H,27,31);1H/t15-,17-,19?;/m1./s1. The van der Waals surface area contributed by atoms with Crippen LogP contribution in [0.2, 0.25) is 0 Å². The van der Waals surface area contributed by atoms with E-state index in [1.165, 1.54) is 6.07 Å². The van der Waals surface area contributed by atoms with Crippen molar-refractivity contribution in [2.45, 2.75) is 38.5 Å². The maximum absolute atomic E-state index is 12.8. The van der Waals surface area contributed by atoms with Crippen molar-refractivity contribution in [2.24, 2.45) is 5.92 Å². The van der Waals surface area contributed by atoms with E-state index in [1.54, 1.807) is 19.9 Å². The number of Topliss-reactive ketones (excluding diaryl/α,β-unsaturated/α-hetero) is 1. The number of carbonyl (C=O) groups excluding carboxylic acids is 2. The summed E-state index contributed by atoms with van der Waals surface area (Å²) in [4.78, 5) is 27.7. The summed E-state index contributed by atoms with van der Waals surface area (Å²) in [6, 6.07) is 11.9. The number of ketones is 1. The van der Waals surface area contributed by atoms with Gasteiger partial charge in [-0.25, -0.2) is 0 Å². The van der Waals surface area contributed by atoms with Gasteiger partial charge in [0, 0.05) is 23.7 Å². The second-order valence-corrected chi connectivity index (χ2v) is 9.29. The Kier molecular flexibility index (Phi) is 10.2. The predicted octanol–water partition coefficient (Wildman–Crippen LogP) is 4.68. The van der Waals surface area contributed by atoms with E-state index < -0.39 is 12.8 Å². The lowest BCUT2D eigenvalue weighted by Crippen LogP contribution is -2.41. The van der Waals surface area contributed by atoms with Crippen LogP contribution >= 0.6 is 23.7 Å². The molecule has 2 heterocycles. The Labute approximate surface area is 207 Å². The number of hydrogen-bond acceptors (Lipinski definition) is 6. The van der Waals surface area contributed by atoms with Crippen molar-refractivity contribution < 1.29 is 27.5 Å². The topological polar surface area (TPSA) is 70.7 Å². The normalized spacial score (nSPS) is 18.0. The number of nitrogens with one attached hydrogen (secondary N) is 2. The largest absolute Gasteiger partial charge is 0.475 e. The van der Waals surface area contributed by atoms with Gasteiger partial charge in [0.2, 0.25) is 5.91 Å². The fourth-order valence-corrected chi connectivity index (χ4v) is 4.54. The van der Waals surface area contributed by atoms with Gasteiger partial charge in [-0.05, 0) is 51.1 Å². The number of halogens is 4. The number of benzene rings is 1. The molecule has 1 amide bonds. The van der Waals surface area contributed by atoms with E-state index in [4.69, 9.17) is 4.74 Å². The van der Waals surface area contributed by atoms with Gasteiger partial charge < -0.3 is 20.3 Å². The van der Waals surface area contributed by atoms with Gasteiger partial charge in [-0.3, -0.25) is 9.59 Å². The Bertz CT molecular complexity index is 942. The fourth-order valence-electron chi connectivity index (χ4n) is 3.68. The summed E-state index contributed by atoms with van der Waals surface area (Å²) in [5.74, 6) is -0.286. The molecule has 0 bridgehead atoms. The summed E-state index contributed by atoms with van der Waals surface area (Å²) < 4.78 is 41.7. The minimum atomic E-state index is -4.39. The van der Waals surface area contributed by atoms with E-state index >= 15 is 0 Å². The Morgan fingerprint density at radius 2 is 1.91 bits per heavy atom. The van der Waals surface area contributed by atoms with Crippen molar-refractivity contribution >= 4 is 41.1 Å². The minimum Gasteiger partial charge on any atom is -0.475 e. The second kappa shape index (κ2) is 12.4. The Hall–Kier alpha value is -2.30. The molecule has 2 N–H and O–H groups in total. The van der Waals surface area contributed by atoms with Crippen molar-refractivity contribution in [2.75, 3.05) is 31.6 Å². The minimum absolute atomic E-state index is 0. The van der Waals surface area contributed by atoms with Crippen LogP contribution in [0.5, 0.6) is 5.06 Å². The Balaban J connectivity index is 0.00000408. The molecule has 1 aromatic heterocycles. The van der Waals surface area contributed by atoms with E-state index in [0.29, 0.717) is 26.1 Å². The zero-order valence-electron chi connectivity index (χ0n) is 18.9. The van der Waals surface area contributed by atoms with Gasteiger partial charge in [0.05, 0.1) is 18.0 Å². The molecule has 188 valence electrons. The first-order valence-corrected chi connectivity index (χ1v) is 11.6. The highest BCUT2D eigenvalue weighted by atomic mass is 35.5. The summed E-state index contributed by atoms with van der Waals surface area (Å²) in [7, 11) is 0. The van der Waals surface area contributed by atoms with E-state index in [1.807, 2.05) is 30.3 Å². The van der Waals surface area contributed by atoms with E-state index in [2.05, 4.69) is 15.5 Å². The Morgan fingerprint density at radius 1 is 1.21 bits per heavy atom. The van der Waals surface area contributed by atoms with Crippen molar-refractivity contribution in [3.05, 3.63) is 47.3 Å². The molecular weight excluding hydrogens is 491 g/mol. The number of amides is 1. The van der Waals surface area contributed by atoms with E-state index in [0.717, 1.165) is 21.9 Å². The average molecular weight is 520 g/mol. The Morgan fingerprint density at radius 3 is 2.56 bits per heavy atom. The van der Waals surface area contributed by atoms with Crippen molar-refractivity contribution in [3.63, 3.8) is 0 Å². The third-order valence-corrected chi connectivity index (χ3v) is 6.64. The van der Waals surface area contributed by atoms with Crippen LogP contribution in [-0.4, -0.2) is 55.0 Å². The van der Waals surface area contributed by atoms with Crippen LogP contribution in [0.4, 0.5) is 18.9 Å². The third-order valence-electron chi connectivity index (χ3n) is 5.46. The van der Waals surface area contributed by atoms with Gasteiger partial charge in [0.25, 0.3) is 0 Å². The van der Waals surface area contributed by atoms with Gasteiger partial charge in [0.1, 0.15) is 0 Å². The van der Waals surface area contributed by atoms with Crippen LogP contribution in [0, 0.1) is 5.92 Å². The number of alkyl halides is 3. The summed E-state index contributed by atoms with van der Waals surface area (Å²) in [5.41, 5.74) is 0.870. The lowest BCUT2D eigenvalue weighted by molar-refractivity contribution is -0.152. The van der Waals surface area contributed by atoms with Gasteiger partial charge in [-0.15, -0.1) is 23.7 Å². The third kappa shape index (κ3) is 8.48. The number of likely N-dealkylation sites (tertiary alicyclic amines) is 1. The lowest BCUT2D eigenvalue weighted by Gasteiger charge is -2.24. The average Bonchev–Trinajstić information content (AvgIpc) is 3.42. The monoisotopic (exact) mass is 519 g/mol. The van der Waals surface area contributed by atoms with Crippen LogP contribution in [0.3, 0.4) is 0 Å². The summed E-state index contributed by atoms with van der Waals surface area (Å²) in [5, 5.41) is 6.36. The van der Waals surface area contributed by atoms with E-state index in [-0.39, 0.29) is 47.2 Å². The number of para-hydroxylation sites is 1. The molecule has 11 heteroatoms. The van der Waals surface area contributed by atoms with E-state index in [9.17, 15) is 22.8 Å². The SMILES string of the molecule is CC(=O)C(CN1CC[C@@H](C(=O)N[C@H](C)c2ccc(OCC(F)(F)F)s2)C1)Nc1ccccc1.Cl. The van der Waals surface area contributed by atoms with Crippen LogP contribution in [0.1, 0.15) is 31.2 Å². The van der Waals surface area contributed by atoms with Crippen molar-refractivity contribution in [1.82, 2.24) is 10.2 Å². The zero-order valence-corrected chi connectivity index (χ0v) is 20.6. The molecule has 2 aromatic rings. The fraction of sp³-hybridized carbons (Fsp3) is 0.478. The summed E-state index contributed by atoms with van der Waals surface area (Å²) in [6.07, 6.45) is -3.71. The molecule has 34 heavy (non-hydrogen) atoms.